The van der Waals surface area contributed by atoms with Crippen LogP contribution in [-0.4, -0.2) is 49.4 Å². The number of hydrogen-bond donors (Lipinski definition) is 1. The number of nitrogens with zero attached hydrogens (tertiary/aromatic N) is 5. The molecule has 0 aromatic carbocycles. The highest BCUT2D eigenvalue weighted by Gasteiger charge is 2.30. The average Bonchev–Trinajstić information content (AvgIpc) is 3.23. The summed E-state index contributed by atoms with van der Waals surface area (Å²) in [5, 5.41) is 5.34. The first-order valence-corrected chi connectivity index (χ1v) is 8.49. The Hall–Kier alpha value is -1.90. The van der Waals surface area contributed by atoms with E-state index >= 15 is 0 Å². The minimum atomic E-state index is -0.0278. The molecule has 3 aromatic heterocycles. The highest BCUT2D eigenvalue weighted by Crippen LogP contribution is 2.22. The van der Waals surface area contributed by atoms with E-state index < -0.39 is 0 Å². The SMILES string of the molecule is Cl.Cn1ccnc1C1CNCCN1C(=O)Cc1cn2ccsc2n1. The zero-order valence-electron chi connectivity index (χ0n) is 13.3. The molecular weight excluding hydrogens is 348 g/mol. The average molecular weight is 367 g/mol. The molecule has 1 N–H and O–H groups in total. The second-order valence-corrected chi connectivity index (χ2v) is 6.58. The van der Waals surface area contributed by atoms with Crippen molar-refractivity contribution in [3.63, 3.8) is 0 Å². The predicted molar refractivity (Wildman–Crippen MR) is 94.6 cm³/mol. The molecule has 1 saturated heterocycles. The molecule has 1 amide bonds. The van der Waals surface area contributed by atoms with Gasteiger partial charge in [-0.25, -0.2) is 9.97 Å². The summed E-state index contributed by atoms with van der Waals surface area (Å²) >= 11 is 1.57. The summed E-state index contributed by atoms with van der Waals surface area (Å²) in [4.78, 5) is 24.6. The molecule has 1 aliphatic rings. The molecule has 1 fully saturated rings. The number of hydrogen-bond acceptors (Lipinski definition) is 5. The standard InChI is InChI=1S/C15H18N6OS.ClH/c1-19-4-3-17-14(19)12-9-16-2-5-21(12)13(22)8-11-10-20-6-7-23-15(20)18-11;/h3-4,6-7,10,12,16H,2,5,8-9H2,1H3;1H. The maximum Gasteiger partial charge on any atom is 0.229 e. The number of aromatic nitrogens is 4. The number of carbonyl (C=O) groups is 1. The summed E-state index contributed by atoms with van der Waals surface area (Å²) in [6, 6.07) is -0.0278. The highest BCUT2D eigenvalue weighted by atomic mass is 35.5. The molecule has 0 saturated carbocycles. The Morgan fingerprint density at radius 2 is 2.33 bits per heavy atom. The van der Waals surface area contributed by atoms with Crippen molar-refractivity contribution in [1.29, 1.82) is 0 Å². The lowest BCUT2D eigenvalue weighted by atomic mass is 10.1. The van der Waals surface area contributed by atoms with E-state index in [4.69, 9.17) is 0 Å². The van der Waals surface area contributed by atoms with Crippen LogP contribution in [0.25, 0.3) is 4.96 Å². The first-order valence-electron chi connectivity index (χ1n) is 7.61. The van der Waals surface area contributed by atoms with E-state index in [9.17, 15) is 4.79 Å². The monoisotopic (exact) mass is 366 g/mol. The number of halogens is 1. The quantitative estimate of drug-likeness (QED) is 0.758. The summed E-state index contributed by atoms with van der Waals surface area (Å²) in [5.74, 6) is 1.02. The Balaban J connectivity index is 0.00000169. The zero-order valence-corrected chi connectivity index (χ0v) is 14.9. The van der Waals surface area contributed by atoms with Crippen molar-refractivity contribution in [3.05, 3.63) is 41.7 Å². The predicted octanol–water partition coefficient (Wildman–Crippen LogP) is 1.27. The number of piperazine rings is 1. The molecule has 4 heterocycles. The van der Waals surface area contributed by atoms with Gasteiger partial charge in [0.2, 0.25) is 5.91 Å². The van der Waals surface area contributed by atoms with Crippen LogP contribution >= 0.6 is 23.7 Å². The van der Waals surface area contributed by atoms with Crippen molar-refractivity contribution in [2.75, 3.05) is 19.6 Å². The van der Waals surface area contributed by atoms with Gasteiger partial charge in [-0.05, 0) is 0 Å². The van der Waals surface area contributed by atoms with Gasteiger partial charge in [-0.2, -0.15) is 0 Å². The van der Waals surface area contributed by atoms with E-state index in [1.807, 2.05) is 44.9 Å². The number of rotatable bonds is 3. The number of nitrogens with one attached hydrogen (secondary N) is 1. The van der Waals surface area contributed by atoms with E-state index in [1.54, 1.807) is 17.5 Å². The van der Waals surface area contributed by atoms with Crippen LogP contribution in [0.5, 0.6) is 0 Å². The molecule has 0 bridgehead atoms. The molecule has 7 nitrogen and oxygen atoms in total. The molecular formula is C15H19ClN6OS. The summed E-state index contributed by atoms with van der Waals surface area (Å²) in [6.45, 7) is 2.23. The van der Waals surface area contributed by atoms with E-state index in [0.717, 1.165) is 29.6 Å². The van der Waals surface area contributed by atoms with Gasteiger partial charge in [0.05, 0.1) is 12.1 Å². The lowest BCUT2D eigenvalue weighted by Gasteiger charge is -2.35. The molecule has 3 aromatic rings. The normalized spacial score (nSPS) is 17.9. The maximum absolute atomic E-state index is 12.8. The number of imidazole rings is 2. The van der Waals surface area contributed by atoms with E-state index in [0.29, 0.717) is 13.0 Å². The highest BCUT2D eigenvalue weighted by molar-refractivity contribution is 7.15. The summed E-state index contributed by atoms with van der Waals surface area (Å²) in [5.41, 5.74) is 0.818. The minimum Gasteiger partial charge on any atom is -0.336 e. The Labute approximate surface area is 149 Å². The number of aryl methyl sites for hydroxylation is 1. The van der Waals surface area contributed by atoms with Crippen molar-refractivity contribution in [1.82, 2.24) is 29.2 Å². The van der Waals surface area contributed by atoms with Gasteiger partial charge in [0.1, 0.15) is 11.9 Å². The van der Waals surface area contributed by atoms with Crippen LogP contribution in [0.2, 0.25) is 0 Å². The molecule has 24 heavy (non-hydrogen) atoms. The molecule has 128 valence electrons. The fraction of sp³-hybridized carbons (Fsp3) is 0.400. The van der Waals surface area contributed by atoms with Gasteiger partial charge >= 0.3 is 0 Å². The van der Waals surface area contributed by atoms with Gasteiger partial charge in [0.15, 0.2) is 4.96 Å². The third-order valence-corrected chi connectivity index (χ3v) is 4.97. The largest absolute Gasteiger partial charge is 0.336 e. The van der Waals surface area contributed by atoms with Crippen molar-refractivity contribution < 1.29 is 4.79 Å². The van der Waals surface area contributed by atoms with E-state index in [-0.39, 0.29) is 24.4 Å². The zero-order chi connectivity index (χ0) is 15.8. The van der Waals surface area contributed by atoms with Crippen LogP contribution in [0.15, 0.2) is 30.2 Å². The maximum atomic E-state index is 12.8. The van der Waals surface area contributed by atoms with Crippen LogP contribution in [-0.2, 0) is 18.3 Å². The Morgan fingerprint density at radius 1 is 1.46 bits per heavy atom. The Morgan fingerprint density at radius 3 is 3.08 bits per heavy atom. The van der Waals surface area contributed by atoms with Crippen molar-refractivity contribution in [3.8, 4) is 0 Å². The van der Waals surface area contributed by atoms with Gasteiger partial charge < -0.3 is 14.8 Å². The second kappa shape index (κ2) is 6.92. The molecule has 0 radical (unpaired) electrons. The van der Waals surface area contributed by atoms with Gasteiger partial charge in [0.25, 0.3) is 0 Å². The number of thiazole rings is 1. The lowest BCUT2D eigenvalue weighted by Crippen LogP contribution is -2.49. The Bertz CT molecular complexity index is 811. The van der Waals surface area contributed by atoms with Gasteiger partial charge in [-0.15, -0.1) is 23.7 Å². The number of fused-ring (bicyclic) bond motifs is 1. The fourth-order valence-corrected chi connectivity index (χ4v) is 3.77. The lowest BCUT2D eigenvalue weighted by molar-refractivity contribution is -0.134. The first-order chi connectivity index (χ1) is 11.2. The van der Waals surface area contributed by atoms with Crippen LogP contribution in [0.4, 0.5) is 0 Å². The molecule has 9 heteroatoms. The molecule has 4 rings (SSSR count). The molecule has 1 atom stereocenters. The van der Waals surface area contributed by atoms with Crippen molar-refractivity contribution >= 4 is 34.6 Å². The van der Waals surface area contributed by atoms with Crippen LogP contribution in [0.3, 0.4) is 0 Å². The summed E-state index contributed by atoms with van der Waals surface area (Å²) in [6.07, 6.45) is 7.91. The molecule has 0 spiro atoms. The number of carbonyl (C=O) groups excluding carboxylic acids is 1. The Kier molecular flexibility index (Phi) is 4.88. The smallest absolute Gasteiger partial charge is 0.229 e. The third-order valence-electron chi connectivity index (χ3n) is 4.20. The third kappa shape index (κ3) is 3.04. The molecule has 1 aliphatic heterocycles. The number of amides is 1. The van der Waals surface area contributed by atoms with Crippen LogP contribution < -0.4 is 5.32 Å². The summed E-state index contributed by atoms with van der Waals surface area (Å²) < 4.78 is 3.94. The first kappa shape index (κ1) is 16.9. The van der Waals surface area contributed by atoms with Crippen molar-refractivity contribution in [2.45, 2.75) is 12.5 Å². The van der Waals surface area contributed by atoms with E-state index in [2.05, 4.69) is 15.3 Å². The molecule has 0 aliphatic carbocycles. The second-order valence-electron chi connectivity index (χ2n) is 5.71. The van der Waals surface area contributed by atoms with Gasteiger partial charge in [0, 0.05) is 56.8 Å². The van der Waals surface area contributed by atoms with Gasteiger partial charge in [-0.1, -0.05) is 0 Å². The van der Waals surface area contributed by atoms with Crippen molar-refractivity contribution in [2.24, 2.45) is 7.05 Å². The minimum absolute atomic E-state index is 0. The fourth-order valence-electron chi connectivity index (χ4n) is 3.05. The van der Waals surface area contributed by atoms with Crippen LogP contribution in [0, 0.1) is 0 Å². The van der Waals surface area contributed by atoms with E-state index in [1.165, 1.54) is 0 Å². The van der Waals surface area contributed by atoms with Gasteiger partial charge in [-0.3, -0.25) is 9.20 Å². The van der Waals surface area contributed by atoms with Crippen LogP contribution in [0.1, 0.15) is 17.6 Å². The topological polar surface area (TPSA) is 67.5 Å². The summed E-state index contributed by atoms with van der Waals surface area (Å²) in [7, 11) is 1.96. The molecule has 1 unspecified atom stereocenters.